The molecule has 0 unspecified atom stereocenters. The second-order valence-electron chi connectivity index (χ2n) is 6.90. The van der Waals surface area contributed by atoms with E-state index in [4.69, 9.17) is 4.74 Å². The van der Waals surface area contributed by atoms with E-state index in [0.29, 0.717) is 32.6 Å². The second kappa shape index (κ2) is 9.89. The molecule has 2 N–H and O–H groups in total. The molecule has 1 rings (SSSR count). The number of rotatable bonds is 10. The molecule has 0 bridgehead atoms. The Bertz CT molecular complexity index is 634. The van der Waals surface area contributed by atoms with Crippen LogP contribution in [0.3, 0.4) is 0 Å². The summed E-state index contributed by atoms with van der Waals surface area (Å²) in [5.74, 6) is -0.0115. The third kappa shape index (κ3) is 9.00. The van der Waals surface area contributed by atoms with Gasteiger partial charge in [-0.1, -0.05) is 12.1 Å². The minimum Gasteiger partial charge on any atom is -0.382 e. The van der Waals surface area contributed by atoms with Crippen LogP contribution in [0.5, 0.6) is 0 Å². The van der Waals surface area contributed by atoms with Gasteiger partial charge in [0, 0.05) is 31.7 Å². The number of ether oxygens (including phenoxy) is 1. The van der Waals surface area contributed by atoms with E-state index in [1.807, 2.05) is 6.92 Å². The molecule has 142 valence electrons. The SMILES string of the molecule is CCOCCCNC(=O)CCc1ccc(S(=O)(=O)NC(C)(C)C)cc1. The molecule has 0 fully saturated rings. The number of hydrogen-bond donors (Lipinski definition) is 2. The van der Waals surface area contributed by atoms with Crippen LogP contribution in [0.4, 0.5) is 0 Å². The van der Waals surface area contributed by atoms with Gasteiger partial charge in [0.25, 0.3) is 0 Å². The number of carbonyl (C=O) groups is 1. The number of sulfonamides is 1. The second-order valence-corrected chi connectivity index (χ2v) is 8.58. The van der Waals surface area contributed by atoms with Crippen molar-refractivity contribution in [2.75, 3.05) is 19.8 Å². The zero-order valence-electron chi connectivity index (χ0n) is 15.6. The molecule has 25 heavy (non-hydrogen) atoms. The monoisotopic (exact) mass is 370 g/mol. The molecule has 0 aromatic heterocycles. The molecule has 0 saturated carbocycles. The fourth-order valence-corrected chi connectivity index (χ4v) is 3.61. The standard InChI is InChI=1S/C18H30N2O4S/c1-5-24-14-6-13-19-17(21)12-9-15-7-10-16(11-8-15)25(22,23)20-18(2,3)4/h7-8,10-11,20H,5-6,9,12-14H2,1-4H3,(H,19,21). The summed E-state index contributed by atoms with van der Waals surface area (Å²) >= 11 is 0. The van der Waals surface area contributed by atoms with E-state index in [1.165, 1.54) is 0 Å². The van der Waals surface area contributed by atoms with Crippen LogP contribution in [0, 0.1) is 0 Å². The Morgan fingerprint density at radius 2 is 1.80 bits per heavy atom. The lowest BCUT2D eigenvalue weighted by atomic mass is 10.1. The zero-order valence-corrected chi connectivity index (χ0v) is 16.4. The molecule has 0 aliphatic rings. The van der Waals surface area contributed by atoms with E-state index in [-0.39, 0.29) is 10.8 Å². The smallest absolute Gasteiger partial charge is 0.241 e. The predicted molar refractivity (Wildman–Crippen MR) is 99.0 cm³/mol. The molecule has 0 atom stereocenters. The van der Waals surface area contributed by atoms with Crippen molar-refractivity contribution < 1.29 is 17.9 Å². The maximum absolute atomic E-state index is 12.2. The molecule has 6 nitrogen and oxygen atoms in total. The highest BCUT2D eigenvalue weighted by Crippen LogP contribution is 2.14. The van der Waals surface area contributed by atoms with Crippen LogP contribution in [-0.4, -0.2) is 39.6 Å². The highest BCUT2D eigenvalue weighted by Gasteiger charge is 2.21. The summed E-state index contributed by atoms with van der Waals surface area (Å²) in [5, 5.41) is 2.85. The van der Waals surface area contributed by atoms with Crippen LogP contribution in [0.25, 0.3) is 0 Å². The van der Waals surface area contributed by atoms with Crippen molar-refractivity contribution >= 4 is 15.9 Å². The Morgan fingerprint density at radius 1 is 1.16 bits per heavy atom. The summed E-state index contributed by atoms with van der Waals surface area (Å²) in [5.41, 5.74) is 0.400. The van der Waals surface area contributed by atoms with Gasteiger partial charge in [0.15, 0.2) is 0 Å². The molecule has 1 amide bonds. The van der Waals surface area contributed by atoms with Crippen molar-refractivity contribution in [2.24, 2.45) is 0 Å². The van der Waals surface area contributed by atoms with E-state index >= 15 is 0 Å². The van der Waals surface area contributed by atoms with Gasteiger partial charge in [-0.3, -0.25) is 4.79 Å². The van der Waals surface area contributed by atoms with E-state index in [0.717, 1.165) is 12.0 Å². The topological polar surface area (TPSA) is 84.5 Å². The molecule has 0 saturated heterocycles. The van der Waals surface area contributed by atoms with Crippen molar-refractivity contribution in [3.8, 4) is 0 Å². The van der Waals surface area contributed by atoms with E-state index in [9.17, 15) is 13.2 Å². The lowest BCUT2D eigenvalue weighted by Crippen LogP contribution is -2.40. The average molecular weight is 371 g/mol. The van der Waals surface area contributed by atoms with Crippen molar-refractivity contribution in [3.63, 3.8) is 0 Å². The maximum Gasteiger partial charge on any atom is 0.241 e. The molecule has 1 aromatic rings. The highest BCUT2D eigenvalue weighted by atomic mass is 32.2. The van der Waals surface area contributed by atoms with Gasteiger partial charge in [-0.2, -0.15) is 0 Å². The summed E-state index contributed by atoms with van der Waals surface area (Å²) in [6.45, 7) is 9.27. The quantitative estimate of drug-likeness (QED) is 0.619. The third-order valence-electron chi connectivity index (χ3n) is 3.31. The van der Waals surface area contributed by atoms with Gasteiger partial charge >= 0.3 is 0 Å². The van der Waals surface area contributed by atoms with Gasteiger partial charge in [0.05, 0.1) is 4.90 Å². The summed E-state index contributed by atoms with van der Waals surface area (Å²) in [6, 6.07) is 6.64. The Kier molecular flexibility index (Phi) is 8.55. The molecule has 0 radical (unpaired) electrons. The zero-order chi connectivity index (χ0) is 18.9. The first-order chi connectivity index (χ1) is 11.6. The molecule has 0 aliphatic heterocycles. The molecule has 0 spiro atoms. The summed E-state index contributed by atoms with van der Waals surface area (Å²) in [4.78, 5) is 12.0. The van der Waals surface area contributed by atoms with E-state index < -0.39 is 15.6 Å². The van der Waals surface area contributed by atoms with Crippen molar-refractivity contribution in [1.82, 2.24) is 10.0 Å². The molecule has 7 heteroatoms. The summed E-state index contributed by atoms with van der Waals surface area (Å²) < 4.78 is 32.3. The number of benzene rings is 1. The average Bonchev–Trinajstić information content (AvgIpc) is 2.51. The number of nitrogens with one attached hydrogen (secondary N) is 2. The van der Waals surface area contributed by atoms with Crippen LogP contribution in [0.15, 0.2) is 29.2 Å². The Morgan fingerprint density at radius 3 is 2.36 bits per heavy atom. The Balaban J connectivity index is 2.45. The minimum absolute atomic E-state index is 0.0115. The predicted octanol–water partition coefficient (Wildman–Crippen LogP) is 2.24. The summed E-state index contributed by atoms with van der Waals surface area (Å²) in [6.07, 6.45) is 1.75. The van der Waals surface area contributed by atoms with Crippen molar-refractivity contribution in [2.45, 2.75) is 57.4 Å². The first-order valence-corrected chi connectivity index (χ1v) is 10.1. The van der Waals surface area contributed by atoms with E-state index in [1.54, 1.807) is 45.0 Å². The number of hydrogen-bond acceptors (Lipinski definition) is 4. The van der Waals surface area contributed by atoms with Gasteiger partial charge in [-0.15, -0.1) is 0 Å². The molecule has 1 aromatic carbocycles. The molecular formula is C18H30N2O4S. The highest BCUT2D eigenvalue weighted by molar-refractivity contribution is 7.89. The van der Waals surface area contributed by atoms with Gasteiger partial charge in [-0.25, -0.2) is 13.1 Å². The largest absolute Gasteiger partial charge is 0.382 e. The first kappa shape index (κ1) is 21.6. The third-order valence-corrected chi connectivity index (χ3v) is 5.08. The Hall–Kier alpha value is -1.44. The van der Waals surface area contributed by atoms with Crippen LogP contribution in [0.1, 0.15) is 46.1 Å². The number of carbonyl (C=O) groups excluding carboxylic acids is 1. The van der Waals surface area contributed by atoms with Crippen molar-refractivity contribution in [3.05, 3.63) is 29.8 Å². The van der Waals surface area contributed by atoms with Crippen molar-refractivity contribution in [1.29, 1.82) is 0 Å². The molecular weight excluding hydrogens is 340 g/mol. The lowest BCUT2D eigenvalue weighted by molar-refractivity contribution is -0.121. The molecule has 0 heterocycles. The Labute approximate surface area is 151 Å². The number of aryl methyl sites for hydroxylation is 1. The van der Waals surface area contributed by atoms with E-state index in [2.05, 4.69) is 10.0 Å². The summed E-state index contributed by atoms with van der Waals surface area (Å²) in [7, 11) is -3.53. The van der Waals surface area contributed by atoms with Gasteiger partial charge in [0.2, 0.25) is 15.9 Å². The fraction of sp³-hybridized carbons (Fsp3) is 0.611. The fourth-order valence-electron chi connectivity index (χ4n) is 2.19. The van der Waals surface area contributed by atoms with Crippen LogP contribution in [-0.2, 0) is 26.0 Å². The van der Waals surface area contributed by atoms with Crippen LogP contribution >= 0.6 is 0 Å². The minimum atomic E-state index is -3.53. The van der Waals surface area contributed by atoms with Crippen LogP contribution < -0.4 is 10.0 Å². The van der Waals surface area contributed by atoms with Gasteiger partial charge in [-0.05, 0) is 58.2 Å². The molecule has 0 aliphatic carbocycles. The normalized spacial score (nSPS) is 12.2. The first-order valence-electron chi connectivity index (χ1n) is 8.61. The number of amides is 1. The lowest BCUT2D eigenvalue weighted by Gasteiger charge is -2.20. The van der Waals surface area contributed by atoms with Gasteiger partial charge < -0.3 is 10.1 Å². The van der Waals surface area contributed by atoms with Gasteiger partial charge in [0.1, 0.15) is 0 Å². The maximum atomic E-state index is 12.2. The van der Waals surface area contributed by atoms with Crippen LogP contribution in [0.2, 0.25) is 0 Å².